The first-order chi connectivity index (χ1) is 11.5. The fourth-order valence-electron chi connectivity index (χ4n) is 2.92. The molecule has 1 aromatic rings. The van der Waals surface area contributed by atoms with E-state index in [4.69, 9.17) is 0 Å². The van der Waals surface area contributed by atoms with Gasteiger partial charge < -0.3 is 4.90 Å². The third-order valence-electron chi connectivity index (χ3n) is 4.50. The second-order valence-corrected chi connectivity index (χ2v) is 8.36. The van der Waals surface area contributed by atoms with Gasteiger partial charge in [0.2, 0.25) is 10.0 Å². The lowest BCUT2D eigenvalue weighted by atomic mass is 10.2. The van der Waals surface area contributed by atoms with Crippen LogP contribution in [0.4, 0.5) is 0 Å². The zero-order valence-electron chi connectivity index (χ0n) is 14.7. The van der Waals surface area contributed by atoms with Crippen LogP contribution in [0.25, 0.3) is 0 Å². The summed E-state index contributed by atoms with van der Waals surface area (Å²) in [7, 11) is -1.68. The van der Waals surface area contributed by atoms with E-state index < -0.39 is 10.0 Å². The highest BCUT2D eigenvalue weighted by molar-refractivity contribution is 7.89. The summed E-state index contributed by atoms with van der Waals surface area (Å²) in [6.45, 7) is 3.97. The van der Waals surface area contributed by atoms with Gasteiger partial charge in [0.05, 0.1) is 4.90 Å². The Morgan fingerprint density at radius 3 is 2.21 bits per heavy atom. The number of hydrogen-bond donors (Lipinski definition) is 0. The Bertz CT molecular complexity index is 633. The van der Waals surface area contributed by atoms with Gasteiger partial charge in [0.15, 0.2) is 0 Å². The van der Waals surface area contributed by atoms with Crippen LogP contribution in [0.3, 0.4) is 0 Å². The smallest absolute Gasteiger partial charge is 0.253 e. The molecule has 1 fully saturated rings. The molecule has 134 valence electrons. The number of carbonyl (C=O) groups excluding carboxylic acids is 1. The van der Waals surface area contributed by atoms with Crippen LogP contribution in [0.2, 0.25) is 0 Å². The maximum atomic E-state index is 12.7. The molecule has 0 bridgehead atoms. The fraction of sp³-hybridized carbons (Fsp3) is 0.611. The first-order valence-corrected chi connectivity index (χ1v) is 10.3. The van der Waals surface area contributed by atoms with E-state index in [2.05, 4.69) is 6.92 Å². The highest BCUT2D eigenvalue weighted by Crippen LogP contribution is 2.21. The van der Waals surface area contributed by atoms with Crippen LogP contribution in [0.1, 0.15) is 55.8 Å². The number of nitrogens with zero attached hydrogens (tertiary/aromatic N) is 2. The maximum Gasteiger partial charge on any atom is 0.253 e. The van der Waals surface area contributed by atoms with Gasteiger partial charge in [-0.2, -0.15) is 4.31 Å². The molecule has 0 aliphatic carbocycles. The first kappa shape index (κ1) is 18.9. The van der Waals surface area contributed by atoms with Gasteiger partial charge in [0.1, 0.15) is 0 Å². The van der Waals surface area contributed by atoms with Gasteiger partial charge in [-0.1, -0.05) is 26.2 Å². The van der Waals surface area contributed by atoms with E-state index in [0.29, 0.717) is 25.2 Å². The molecule has 0 N–H and O–H groups in total. The predicted octanol–water partition coefficient (Wildman–Crippen LogP) is 3.12. The van der Waals surface area contributed by atoms with Crippen molar-refractivity contribution >= 4 is 15.9 Å². The van der Waals surface area contributed by atoms with Crippen molar-refractivity contribution in [3.8, 4) is 0 Å². The molecule has 1 heterocycles. The number of benzene rings is 1. The molecule has 0 unspecified atom stereocenters. The molecular formula is C18H28N2O3S. The van der Waals surface area contributed by atoms with Crippen molar-refractivity contribution in [3.05, 3.63) is 29.8 Å². The summed E-state index contributed by atoms with van der Waals surface area (Å²) in [5.74, 6) is -0.0674. The SMILES string of the molecule is CCCCN(C)C(=O)c1ccc(S(=O)(=O)N2CCCCCC2)cc1. The van der Waals surface area contributed by atoms with Crippen LogP contribution in [0.5, 0.6) is 0 Å². The molecule has 1 aliphatic heterocycles. The van der Waals surface area contributed by atoms with Gasteiger partial charge in [-0.25, -0.2) is 8.42 Å². The summed E-state index contributed by atoms with van der Waals surface area (Å²) < 4.78 is 27.0. The summed E-state index contributed by atoms with van der Waals surface area (Å²) in [6.07, 6.45) is 6.00. The van der Waals surface area contributed by atoms with Crippen LogP contribution in [-0.4, -0.2) is 50.2 Å². The Morgan fingerprint density at radius 1 is 1.08 bits per heavy atom. The first-order valence-electron chi connectivity index (χ1n) is 8.82. The van der Waals surface area contributed by atoms with Crippen molar-refractivity contribution in [2.24, 2.45) is 0 Å². The van der Waals surface area contributed by atoms with Gasteiger partial charge in [-0.05, 0) is 43.5 Å². The van der Waals surface area contributed by atoms with Gasteiger partial charge in [-0.3, -0.25) is 4.79 Å². The summed E-state index contributed by atoms with van der Waals surface area (Å²) in [4.78, 5) is 14.3. The second kappa shape index (κ2) is 8.62. The summed E-state index contributed by atoms with van der Waals surface area (Å²) in [6, 6.07) is 6.35. The molecule has 5 nitrogen and oxygen atoms in total. The minimum atomic E-state index is -3.45. The van der Waals surface area contributed by atoms with Crippen molar-refractivity contribution in [3.63, 3.8) is 0 Å². The summed E-state index contributed by atoms with van der Waals surface area (Å²) >= 11 is 0. The second-order valence-electron chi connectivity index (χ2n) is 6.42. The van der Waals surface area contributed by atoms with Crippen molar-refractivity contribution in [2.75, 3.05) is 26.7 Å². The van der Waals surface area contributed by atoms with Crippen molar-refractivity contribution in [2.45, 2.75) is 50.3 Å². The minimum Gasteiger partial charge on any atom is -0.342 e. The lowest BCUT2D eigenvalue weighted by Gasteiger charge is -2.20. The van der Waals surface area contributed by atoms with Gasteiger partial charge in [-0.15, -0.1) is 0 Å². The number of rotatable bonds is 6. The van der Waals surface area contributed by atoms with Gasteiger partial charge >= 0.3 is 0 Å². The van der Waals surface area contributed by atoms with Crippen molar-refractivity contribution in [1.82, 2.24) is 9.21 Å². The normalized spacial score (nSPS) is 16.6. The van der Waals surface area contributed by atoms with Crippen LogP contribution < -0.4 is 0 Å². The Balaban J connectivity index is 2.11. The lowest BCUT2D eigenvalue weighted by Crippen LogP contribution is -2.32. The van der Waals surface area contributed by atoms with E-state index in [1.807, 2.05) is 0 Å². The summed E-state index contributed by atoms with van der Waals surface area (Å²) in [5, 5.41) is 0. The highest BCUT2D eigenvalue weighted by atomic mass is 32.2. The molecule has 1 saturated heterocycles. The zero-order chi connectivity index (χ0) is 17.6. The van der Waals surface area contributed by atoms with Crippen LogP contribution in [-0.2, 0) is 10.0 Å². The highest BCUT2D eigenvalue weighted by Gasteiger charge is 2.25. The molecule has 1 aliphatic rings. The molecule has 0 radical (unpaired) electrons. The monoisotopic (exact) mass is 352 g/mol. The quantitative estimate of drug-likeness (QED) is 0.790. The lowest BCUT2D eigenvalue weighted by molar-refractivity contribution is 0.0793. The van der Waals surface area contributed by atoms with E-state index in [1.54, 1.807) is 40.5 Å². The van der Waals surface area contributed by atoms with E-state index in [-0.39, 0.29) is 10.8 Å². The molecule has 24 heavy (non-hydrogen) atoms. The van der Waals surface area contributed by atoms with Gasteiger partial charge in [0, 0.05) is 32.2 Å². The minimum absolute atomic E-state index is 0.0674. The molecule has 0 atom stereocenters. The predicted molar refractivity (Wildman–Crippen MR) is 95.5 cm³/mol. The Kier molecular flexibility index (Phi) is 6.80. The average molecular weight is 353 g/mol. The van der Waals surface area contributed by atoms with Crippen LogP contribution in [0, 0.1) is 0 Å². The third kappa shape index (κ3) is 4.57. The number of unbranched alkanes of at least 4 members (excludes halogenated alkanes) is 1. The number of hydrogen-bond acceptors (Lipinski definition) is 3. The number of carbonyl (C=O) groups is 1. The molecule has 0 aromatic heterocycles. The molecular weight excluding hydrogens is 324 g/mol. The van der Waals surface area contributed by atoms with E-state index in [9.17, 15) is 13.2 Å². The standard InChI is InChI=1S/C18H28N2O3S/c1-3-4-13-19(2)18(21)16-9-11-17(12-10-16)24(22,23)20-14-7-5-6-8-15-20/h9-12H,3-8,13-15H2,1-2H3. The Labute approximate surface area is 145 Å². The van der Waals surface area contributed by atoms with Gasteiger partial charge in [0.25, 0.3) is 5.91 Å². The third-order valence-corrected chi connectivity index (χ3v) is 6.41. The zero-order valence-corrected chi connectivity index (χ0v) is 15.5. The van der Waals surface area contributed by atoms with E-state index in [0.717, 1.165) is 38.5 Å². The van der Waals surface area contributed by atoms with Crippen molar-refractivity contribution < 1.29 is 13.2 Å². The average Bonchev–Trinajstić information content (AvgIpc) is 2.89. The fourth-order valence-corrected chi connectivity index (χ4v) is 4.43. The largest absolute Gasteiger partial charge is 0.342 e. The van der Waals surface area contributed by atoms with E-state index in [1.165, 1.54) is 0 Å². The number of sulfonamides is 1. The van der Waals surface area contributed by atoms with Crippen LogP contribution >= 0.6 is 0 Å². The van der Waals surface area contributed by atoms with Crippen LogP contribution in [0.15, 0.2) is 29.2 Å². The topological polar surface area (TPSA) is 57.7 Å². The number of amides is 1. The van der Waals surface area contributed by atoms with E-state index >= 15 is 0 Å². The molecule has 0 spiro atoms. The molecule has 1 amide bonds. The molecule has 1 aromatic carbocycles. The summed E-state index contributed by atoms with van der Waals surface area (Å²) in [5.41, 5.74) is 0.531. The van der Waals surface area contributed by atoms with Crippen molar-refractivity contribution in [1.29, 1.82) is 0 Å². The Morgan fingerprint density at radius 2 is 1.67 bits per heavy atom. The Hall–Kier alpha value is -1.40. The molecule has 2 rings (SSSR count). The molecule has 0 saturated carbocycles. The maximum absolute atomic E-state index is 12.7. The molecule has 6 heteroatoms.